The van der Waals surface area contributed by atoms with Crippen molar-refractivity contribution in [2.24, 2.45) is 0 Å². The summed E-state index contributed by atoms with van der Waals surface area (Å²) in [6.45, 7) is 1.57. The summed E-state index contributed by atoms with van der Waals surface area (Å²) in [5.74, 6) is -0.267. The fourth-order valence-electron chi connectivity index (χ4n) is 2.37. The van der Waals surface area contributed by atoms with Crippen molar-refractivity contribution in [3.8, 4) is 5.75 Å². The molecule has 0 radical (unpaired) electrons. The van der Waals surface area contributed by atoms with Gasteiger partial charge in [-0.1, -0.05) is 46.7 Å². The van der Waals surface area contributed by atoms with Gasteiger partial charge in [0.1, 0.15) is 17.3 Å². The standard InChI is InChI=1S/C18H15Cl2N3O3S/c1-9(21-17(25)10-5-3-6-11(19)14(10)20)16(24)23-18-22-15-12(26-2)7-4-8-13(15)27-18/h3-9H,1-2H3,(H,21,25)(H,22,23,24). The number of halogens is 2. The Labute approximate surface area is 169 Å². The monoisotopic (exact) mass is 423 g/mol. The van der Waals surface area contributed by atoms with Gasteiger partial charge < -0.3 is 15.4 Å². The molecule has 2 N–H and O–H groups in total. The number of rotatable bonds is 5. The van der Waals surface area contributed by atoms with Crippen molar-refractivity contribution in [3.05, 3.63) is 52.0 Å². The van der Waals surface area contributed by atoms with Crippen LogP contribution in [-0.4, -0.2) is 29.9 Å². The van der Waals surface area contributed by atoms with Crippen LogP contribution in [0.1, 0.15) is 17.3 Å². The lowest BCUT2D eigenvalue weighted by atomic mass is 10.2. The molecule has 3 aromatic rings. The number of hydrogen-bond donors (Lipinski definition) is 2. The Morgan fingerprint density at radius 2 is 1.93 bits per heavy atom. The number of amides is 2. The maximum atomic E-state index is 12.4. The number of para-hydroxylation sites is 1. The largest absolute Gasteiger partial charge is 0.494 e. The quantitative estimate of drug-likeness (QED) is 0.638. The van der Waals surface area contributed by atoms with E-state index in [1.807, 2.05) is 12.1 Å². The minimum Gasteiger partial charge on any atom is -0.494 e. The third-order valence-electron chi connectivity index (χ3n) is 3.77. The molecule has 1 atom stereocenters. The molecule has 27 heavy (non-hydrogen) atoms. The molecular formula is C18H15Cl2N3O3S. The molecule has 1 aromatic heterocycles. The van der Waals surface area contributed by atoms with Crippen LogP contribution < -0.4 is 15.4 Å². The van der Waals surface area contributed by atoms with Crippen LogP contribution >= 0.6 is 34.5 Å². The number of nitrogens with one attached hydrogen (secondary N) is 2. The van der Waals surface area contributed by atoms with E-state index in [1.165, 1.54) is 17.4 Å². The van der Waals surface area contributed by atoms with Gasteiger partial charge in [-0.3, -0.25) is 9.59 Å². The molecule has 1 heterocycles. The lowest BCUT2D eigenvalue weighted by Crippen LogP contribution is -2.41. The van der Waals surface area contributed by atoms with Crippen LogP contribution in [0.25, 0.3) is 10.2 Å². The van der Waals surface area contributed by atoms with Crippen molar-refractivity contribution in [2.75, 3.05) is 12.4 Å². The first-order chi connectivity index (χ1) is 12.9. The first-order valence-electron chi connectivity index (χ1n) is 7.90. The average Bonchev–Trinajstić information content (AvgIpc) is 3.06. The fraction of sp³-hybridized carbons (Fsp3) is 0.167. The van der Waals surface area contributed by atoms with Gasteiger partial charge in [0.2, 0.25) is 5.91 Å². The highest BCUT2D eigenvalue weighted by molar-refractivity contribution is 7.22. The summed E-state index contributed by atoms with van der Waals surface area (Å²) >= 11 is 13.3. The van der Waals surface area contributed by atoms with Crippen molar-refractivity contribution < 1.29 is 14.3 Å². The van der Waals surface area contributed by atoms with Gasteiger partial charge in [0.15, 0.2) is 5.13 Å². The number of hydrogen-bond acceptors (Lipinski definition) is 5. The van der Waals surface area contributed by atoms with E-state index >= 15 is 0 Å². The molecule has 0 bridgehead atoms. The topological polar surface area (TPSA) is 80.3 Å². The van der Waals surface area contributed by atoms with Crippen LogP contribution in [0.2, 0.25) is 10.0 Å². The maximum Gasteiger partial charge on any atom is 0.253 e. The van der Waals surface area contributed by atoms with Gasteiger partial charge in [0.05, 0.1) is 27.4 Å². The number of methoxy groups -OCH3 is 1. The van der Waals surface area contributed by atoms with Crippen molar-refractivity contribution >= 4 is 61.7 Å². The Morgan fingerprint density at radius 3 is 2.67 bits per heavy atom. The van der Waals surface area contributed by atoms with Crippen LogP contribution in [0.5, 0.6) is 5.75 Å². The van der Waals surface area contributed by atoms with Crippen LogP contribution in [0.15, 0.2) is 36.4 Å². The van der Waals surface area contributed by atoms with Crippen molar-refractivity contribution in [3.63, 3.8) is 0 Å². The molecule has 9 heteroatoms. The maximum absolute atomic E-state index is 12.4. The minimum absolute atomic E-state index is 0.141. The smallest absolute Gasteiger partial charge is 0.253 e. The number of carbonyl (C=O) groups is 2. The number of aromatic nitrogens is 1. The van der Waals surface area contributed by atoms with Gasteiger partial charge in [-0.15, -0.1) is 0 Å². The Hall–Kier alpha value is -2.35. The Balaban J connectivity index is 1.71. The van der Waals surface area contributed by atoms with Gasteiger partial charge in [-0.25, -0.2) is 4.98 Å². The summed E-state index contributed by atoms with van der Waals surface area (Å²) in [4.78, 5) is 29.1. The molecule has 0 aliphatic heterocycles. The zero-order valence-corrected chi connectivity index (χ0v) is 16.7. The molecule has 0 aliphatic rings. The number of nitrogens with zero attached hydrogens (tertiary/aromatic N) is 1. The first-order valence-corrected chi connectivity index (χ1v) is 9.47. The summed E-state index contributed by atoms with van der Waals surface area (Å²) in [5.41, 5.74) is 0.872. The highest BCUT2D eigenvalue weighted by atomic mass is 35.5. The second-order valence-corrected chi connectivity index (χ2v) is 7.43. The van der Waals surface area contributed by atoms with Crippen LogP contribution in [0.3, 0.4) is 0 Å². The molecule has 6 nitrogen and oxygen atoms in total. The summed E-state index contributed by atoms with van der Waals surface area (Å²) in [5, 5.41) is 6.13. The Bertz CT molecular complexity index is 1020. The molecule has 0 spiro atoms. The predicted octanol–water partition coefficient (Wildman–Crippen LogP) is 4.37. The SMILES string of the molecule is COc1cccc2sc(NC(=O)C(C)NC(=O)c3cccc(Cl)c3Cl)nc12. The summed E-state index contributed by atoms with van der Waals surface area (Å²) in [7, 11) is 1.56. The fourth-order valence-corrected chi connectivity index (χ4v) is 3.65. The van der Waals surface area contributed by atoms with Crippen LogP contribution in [-0.2, 0) is 4.79 Å². The van der Waals surface area contributed by atoms with E-state index in [9.17, 15) is 9.59 Å². The van der Waals surface area contributed by atoms with Gasteiger partial charge in [0.25, 0.3) is 5.91 Å². The molecular weight excluding hydrogens is 409 g/mol. The third kappa shape index (κ3) is 4.16. The number of carbonyl (C=O) groups excluding carboxylic acids is 2. The molecule has 3 rings (SSSR count). The molecule has 0 saturated heterocycles. The number of benzene rings is 2. The first kappa shape index (κ1) is 19.4. The van der Waals surface area contributed by atoms with E-state index in [0.717, 1.165) is 4.70 Å². The number of thiazole rings is 1. The molecule has 2 aromatic carbocycles. The van der Waals surface area contributed by atoms with E-state index in [-0.39, 0.29) is 15.6 Å². The Kier molecular flexibility index (Phi) is 5.84. The van der Waals surface area contributed by atoms with E-state index in [4.69, 9.17) is 27.9 Å². The van der Waals surface area contributed by atoms with Gasteiger partial charge in [-0.2, -0.15) is 0 Å². The number of ether oxygens (including phenoxy) is 1. The molecule has 0 saturated carbocycles. The second kappa shape index (κ2) is 8.12. The van der Waals surface area contributed by atoms with E-state index in [0.29, 0.717) is 16.4 Å². The zero-order valence-electron chi connectivity index (χ0n) is 14.4. The Morgan fingerprint density at radius 1 is 1.19 bits per heavy atom. The average molecular weight is 424 g/mol. The van der Waals surface area contributed by atoms with Crippen LogP contribution in [0.4, 0.5) is 5.13 Å². The molecule has 0 fully saturated rings. The lowest BCUT2D eigenvalue weighted by molar-refractivity contribution is -0.117. The van der Waals surface area contributed by atoms with Crippen molar-refractivity contribution in [2.45, 2.75) is 13.0 Å². The van der Waals surface area contributed by atoms with Crippen molar-refractivity contribution in [1.82, 2.24) is 10.3 Å². The van der Waals surface area contributed by atoms with Crippen LogP contribution in [0, 0.1) is 0 Å². The number of anilines is 1. The number of fused-ring (bicyclic) bond motifs is 1. The zero-order chi connectivity index (χ0) is 19.6. The predicted molar refractivity (Wildman–Crippen MR) is 108 cm³/mol. The lowest BCUT2D eigenvalue weighted by Gasteiger charge is -2.14. The normalized spacial score (nSPS) is 11.9. The minimum atomic E-state index is -0.804. The van der Waals surface area contributed by atoms with Gasteiger partial charge in [0, 0.05) is 0 Å². The second-order valence-electron chi connectivity index (χ2n) is 5.61. The van der Waals surface area contributed by atoms with Gasteiger partial charge >= 0.3 is 0 Å². The molecule has 2 amide bonds. The third-order valence-corrected chi connectivity index (χ3v) is 5.52. The molecule has 0 aliphatic carbocycles. The summed E-state index contributed by atoms with van der Waals surface area (Å²) in [6.07, 6.45) is 0. The van der Waals surface area contributed by atoms with Crippen molar-refractivity contribution in [1.29, 1.82) is 0 Å². The summed E-state index contributed by atoms with van der Waals surface area (Å²) in [6, 6.07) is 9.46. The summed E-state index contributed by atoms with van der Waals surface area (Å²) < 4.78 is 6.15. The van der Waals surface area contributed by atoms with E-state index in [2.05, 4.69) is 15.6 Å². The molecule has 140 valence electrons. The molecule has 1 unspecified atom stereocenters. The van der Waals surface area contributed by atoms with E-state index in [1.54, 1.807) is 32.2 Å². The highest BCUT2D eigenvalue weighted by Gasteiger charge is 2.20. The van der Waals surface area contributed by atoms with Gasteiger partial charge in [-0.05, 0) is 31.2 Å². The van der Waals surface area contributed by atoms with E-state index < -0.39 is 17.9 Å². The highest BCUT2D eigenvalue weighted by Crippen LogP contribution is 2.32.